The first-order chi connectivity index (χ1) is 20.7. The van der Waals surface area contributed by atoms with Crippen molar-refractivity contribution in [1.29, 1.82) is 0 Å². The third-order valence-electron chi connectivity index (χ3n) is 6.91. The smallest absolute Gasteiger partial charge is 0.407 e. The molecule has 1 aromatic rings. The highest BCUT2D eigenvalue weighted by molar-refractivity contribution is 6.38. The first kappa shape index (κ1) is 35.7. The lowest BCUT2D eigenvalue weighted by atomic mass is 10.0. The number of ether oxygens (including phenoxy) is 1. The second-order valence-corrected chi connectivity index (χ2v) is 11.4. The van der Waals surface area contributed by atoms with Crippen LogP contribution >= 0.6 is 0 Å². The highest BCUT2D eigenvalue weighted by atomic mass is 16.5. The van der Waals surface area contributed by atoms with Crippen LogP contribution in [-0.2, 0) is 33.5 Å². The number of nitrogens with two attached hydrogens (primary N) is 1. The van der Waals surface area contributed by atoms with Crippen molar-refractivity contribution in [2.24, 2.45) is 17.6 Å². The molecular formula is C30H44N6O8. The molecule has 0 spiro atoms. The minimum atomic E-state index is -1.20. The van der Waals surface area contributed by atoms with Gasteiger partial charge in [0.2, 0.25) is 29.4 Å². The number of hydrogen-bond donors (Lipinski definition) is 5. The summed E-state index contributed by atoms with van der Waals surface area (Å²) in [6.45, 7) is 8.73. The summed E-state index contributed by atoms with van der Waals surface area (Å²) < 4.78 is 5.07. The molecule has 0 aliphatic carbocycles. The largest absolute Gasteiger partial charge is 0.449 e. The number of nitrogens with one attached hydrogen (secondary N) is 4. The lowest BCUT2D eigenvalue weighted by Crippen LogP contribution is -2.56. The Morgan fingerprint density at radius 3 is 2.25 bits per heavy atom. The summed E-state index contributed by atoms with van der Waals surface area (Å²) in [5, 5.41) is 9.72. The second-order valence-electron chi connectivity index (χ2n) is 11.4. The van der Waals surface area contributed by atoms with Gasteiger partial charge in [0.25, 0.3) is 5.91 Å². The van der Waals surface area contributed by atoms with Crippen molar-refractivity contribution in [3.63, 3.8) is 0 Å². The molecule has 6 N–H and O–H groups in total. The maximum atomic E-state index is 13.3. The number of likely N-dealkylation sites (tertiary alicyclic amines) is 1. The Labute approximate surface area is 257 Å². The summed E-state index contributed by atoms with van der Waals surface area (Å²) in [5.41, 5.74) is 5.86. The Kier molecular flexibility index (Phi) is 13.8. The molecule has 1 saturated heterocycles. The number of Topliss-reactive ketones (excluding diaryl/α,β-unsaturated/α-hetero) is 1. The highest BCUT2D eigenvalue weighted by Gasteiger charge is 2.41. The van der Waals surface area contributed by atoms with Crippen molar-refractivity contribution in [2.75, 3.05) is 19.7 Å². The van der Waals surface area contributed by atoms with E-state index in [0.29, 0.717) is 18.4 Å². The van der Waals surface area contributed by atoms with Crippen LogP contribution in [0.3, 0.4) is 0 Å². The Morgan fingerprint density at radius 2 is 1.66 bits per heavy atom. The van der Waals surface area contributed by atoms with Crippen molar-refractivity contribution >= 4 is 41.4 Å². The zero-order valence-corrected chi connectivity index (χ0v) is 25.9. The molecule has 1 fully saturated rings. The van der Waals surface area contributed by atoms with Gasteiger partial charge in [-0.15, -0.1) is 0 Å². The molecule has 2 rings (SSSR count). The first-order valence-electron chi connectivity index (χ1n) is 14.7. The summed E-state index contributed by atoms with van der Waals surface area (Å²) in [6.07, 6.45) is 0.165. The van der Waals surface area contributed by atoms with Crippen LogP contribution in [-0.4, -0.2) is 84.1 Å². The third kappa shape index (κ3) is 10.7. The number of primary amides is 1. The lowest BCUT2D eigenvalue weighted by molar-refractivity contribution is -0.143. The fraction of sp³-hybridized carbons (Fsp3) is 0.567. The van der Waals surface area contributed by atoms with Crippen LogP contribution in [0.2, 0.25) is 0 Å². The average molecular weight is 617 g/mol. The van der Waals surface area contributed by atoms with E-state index in [-0.39, 0.29) is 31.4 Å². The van der Waals surface area contributed by atoms with E-state index in [1.54, 1.807) is 37.3 Å². The number of ketones is 1. The molecule has 1 aromatic carbocycles. The van der Waals surface area contributed by atoms with Gasteiger partial charge in [-0.25, -0.2) is 4.79 Å². The second kappa shape index (κ2) is 17.0. The van der Waals surface area contributed by atoms with Crippen molar-refractivity contribution in [3.05, 3.63) is 35.9 Å². The van der Waals surface area contributed by atoms with Crippen LogP contribution in [0.15, 0.2) is 30.3 Å². The van der Waals surface area contributed by atoms with Gasteiger partial charge in [-0.05, 0) is 37.2 Å². The number of rotatable bonds is 15. The Hall–Kier alpha value is -4.49. The van der Waals surface area contributed by atoms with Crippen LogP contribution in [0.4, 0.5) is 4.79 Å². The molecule has 2 unspecified atom stereocenters. The van der Waals surface area contributed by atoms with Crippen LogP contribution in [0, 0.1) is 11.8 Å². The number of amides is 6. The number of benzene rings is 1. The molecule has 0 radical (unpaired) electrons. The topological polar surface area (TPSA) is 206 Å². The molecule has 0 bridgehead atoms. The minimum absolute atomic E-state index is 0.0305. The van der Waals surface area contributed by atoms with E-state index in [4.69, 9.17) is 10.5 Å². The normalized spacial score (nSPS) is 18.0. The standard InChI is InChI=1S/C30H44N6O8/c1-6-10-21(25(38)28(41)32-14-23(37)35-24(26(31)39)20-11-8-7-9-12-20)34-27(40)22-13-18(4)15-36(22)29(42)19(5)33-30(43)44-16-17(2)3/h7-9,11-12,17-19,21-22,24H,6,10,13-16H2,1-5H3,(H2,31,39)(H,32,41)(H,33,43)(H,34,40)(H,35,37)/t18-,19+,21?,22+,24?/m1/s1. The van der Waals surface area contributed by atoms with Gasteiger partial charge in [-0.2, -0.15) is 0 Å². The lowest BCUT2D eigenvalue weighted by Gasteiger charge is -2.28. The van der Waals surface area contributed by atoms with Gasteiger partial charge in [0, 0.05) is 6.54 Å². The summed E-state index contributed by atoms with van der Waals surface area (Å²) in [4.78, 5) is 89.8. The zero-order chi connectivity index (χ0) is 33.0. The van der Waals surface area contributed by atoms with E-state index >= 15 is 0 Å². The predicted octanol–water partition coefficient (Wildman–Crippen LogP) is 0.307. The van der Waals surface area contributed by atoms with Crippen LogP contribution in [0.1, 0.15) is 65.5 Å². The van der Waals surface area contributed by atoms with E-state index in [9.17, 15) is 33.6 Å². The third-order valence-corrected chi connectivity index (χ3v) is 6.91. The fourth-order valence-electron chi connectivity index (χ4n) is 4.72. The number of alkyl carbamates (subject to hydrolysis) is 1. The minimum Gasteiger partial charge on any atom is -0.449 e. The molecule has 1 aliphatic heterocycles. The molecule has 14 nitrogen and oxygen atoms in total. The van der Waals surface area contributed by atoms with E-state index in [0.717, 1.165) is 0 Å². The Bertz CT molecular complexity index is 1210. The molecule has 0 saturated carbocycles. The quantitative estimate of drug-likeness (QED) is 0.173. The van der Waals surface area contributed by atoms with Gasteiger partial charge in [-0.3, -0.25) is 28.8 Å². The molecule has 14 heteroatoms. The van der Waals surface area contributed by atoms with Gasteiger partial charge in [0.1, 0.15) is 18.1 Å². The maximum absolute atomic E-state index is 13.3. The molecule has 44 heavy (non-hydrogen) atoms. The zero-order valence-electron chi connectivity index (χ0n) is 25.9. The fourth-order valence-corrected chi connectivity index (χ4v) is 4.72. The van der Waals surface area contributed by atoms with Gasteiger partial charge >= 0.3 is 6.09 Å². The van der Waals surface area contributed by atoms with Gasteiger partial charge in [0.05, 0.1) is 19.2 Å². The summed E-state index contributed by atoms with van der Waals surface area (Å²) in [6, 6.07) is 4.07. The molecule has 6 amide bonds. The van der Waals surface area contributed by atoms with Crippen LogP contribution in [0.5, 0.6) is 0 Å². The number of carbonyl (C=O) groups excluding carboxylic acids is 7. The van der Waals surface area contributed by atoms with Crippen molar-refractivity contribution in [1.82, 2.24) is 26.2 Å². The summed E-state index contributed by atoms with van der Waals surface area (Å²) >= 11 is 0. The molecular weight excluding hydrogens is 572 g/mol. The predicted molar refractivity (Wildman–Crippen MR) is 159 cm³/mol. The van der Waals surface area contributed by atoms with E-state index in [1.807, 2.05) is 20.8 Å². The maximum Gasteiger partial charge on any atom is 0.407 e. The van der Waals surface area contributed by atoms with Gasteiger partial charge in [0.15, 0.2) is 0 Å². The Morgan fingerprint density at radius 1 is 1.00 bits per heavy atom. The average Bonchev–Trinajstić information content (AvgIpc) is 3.38. The monoisotopic (exact) mass is 616 g/mol. The van der Waals surface area contributed by atoms with E-state index in [1.165, 1.54) is 11.8 Å². The van der Waals surface area contributed by atoms with Crippen molar-refractivity contribution in [2.45, 2.75) is 78.0 Å². The van der Waals surface area contributed by atoms with Gasteiger partial charge < -0.3 is 36.6 Å². The summed E-state index contributed by atoms with van der Waals surface area (Å²) in [5.74, 6) is -4.62. The number of nitrogens with zero attached hydrogens (tertiary/aromatic N) is 1. The molecule has 0 aromatic heterocycles. The molecule has 1 heterocycles. The SMILES string of the molecule is CCCC(NC(=O)[C@@H]1C[C@@H](C)CN1C(=O)[C@H](C)NC(=O)OCC(C)C)C(=O)C(=O)NCC(=O)NC(C(N)=O)c1ccccc1. The Balaban J connectivity index is 2.00. The highest BCUT2D eigenvalue weighted by Crippen LogP contribution is 2.24. The molecule has 1 aliphatic rings. The molecule has 242 valence electrons. The van der Waals surface area contributed by atoms with Crippen molar-refractivity contribution < 1.29 is 38.3 Å². The van der Waals surface area contributed by atoms with Crippen molar-refractivity contribution in [3.8, 4) is 0 Å². The summed E-state index contributed by atoms with van der Waals surface area (Å²) in [7, 11) is 0. The van der Waals surface area contributed by atoms with E-state index in [2.05, 4.69) is 21.3 Å². The number of hydrogen-bond acceptors (Lipinski definition) is 8. The van der Waals surface area contributed by atoms with Crippen LogP contribution in [0.25, 0.3) is 0 Å². The first-order valence-corrected chi connectivity index (χ1v) is 14.7. The number of carbonyl (C=O) groups is 7. The molecule has 5 atom stereocenters. The van der Waals surface area contributed by atoms with Crippen LogP contribution < -0.4 is 27.0 Å². The van der Waals surface area contributed by atoms with Gasteiger partial charge in [-0.1, -0.05) is 64.4 Å². The van der Waals surface area contributed by atoms with E-state index < -0.39 is 72.1 Å².